The van der Waals surface area contributed by atoms with Crippen LogP contribution in [-0.4, -0.2) is 6.54 Å². The van der Waals surface area contributed by atoms with Crippen molar-refractivity contribution in [1.82, 2.24) is 5.32 Å². The molecule has 0 aliphatic carbocycles. The third-order valence-corrected chi connectivity index (χ3v) is 5.18. The van der Waals surface area contributed by atoms with E-state index in [0.29, 0.717) is 11.4 Å². The number of hydrogen-bond donors (Lipinski definition) is 1. The molecule has 0 spiro atoms. The Kier molecular flexibility index (Phi) is 6.02. The van der Waals surface area contributed by atoms with E-state index in [2.05, 4.69) is 39.6 Å². The van der Waals surface area contributed by atoms with E-state index in [1.165, 1.54) is 17.0 Å². The standard InChI is InChI=1S/C15H16BrClFNS/c1-2-5-19-14(15-8-11(16)9-20-15)7-10-6-12(18)3-4-13(10)17/h3-4,6,8-9,14,19H,2,5,7H2,1H3. The highest BCUT2D eigenvalue weighted by Crippen LogP contribution is 2.30. The smallest absolute Gasteiger partial charge is 0.123 e. The van der Waals surface area contributed by atoms with E-state index in [9.17, 15) is 4.39 Å². The molecule has 0 aliphatic heterocycles. The second kappa shape index (κ2) is 7.55. The molecule has 108 valence electrons. The Morgan fingerprint density at radius 1 is 1.40 bits per heavy atom. The van der Waals surface area contributed by atoms with Crippen molar-refractivity contribution in [2.75, 3.05) is 6.54 Å². The van der Waals surface area contributed by atoms with E-state index in [0.717, 1.165) is 23.0 Å². The van der Waals surface area contributed by atoms with Gasteiger partial charge in [0.05, 0.1) is 0 Å². The van der Waals surface area contributed by atoms with E-state index >= 15 is 0 Å². The Morgan fingerprint density at radius 2 is 2.20 bits per heavy atom. The minimum absolute atomic E-state index is 0.158. The van der Waals surface area contributed by atoms with Crippen molar-refractivity contribution in [2.45, 2.75) is 25.8 Å². The molecule has 0 bridgehead atoms. The van der Waals surface area contributed by atoms with Crippen LogP contribution in [0.3, 0.4) is 0 Å². The summed E-state index contributed by atoms with van der Waals surface area (Å²) in [5.74, 6) is -0.244. The lowest BCUT2D eigenvalue weighted by Crippen LogP contribution is -2.23. The highest BCUT2D eigenvalue weighted by Gasteiger charge is 2.15. The molecule has 0 aliphatic rings. The summed E-state index contributed by atoms with van der Waals surface area (Å²) < 4.78 is 14.4. The molecule has 1 nitrogen and oxygen atoms in total. The molecule has 1 heterocycles. The first kappa shape index (κ1) is 16.0. The predicted octanol–water partition coefficient (Wildman–Crippen LogP) is 5.59. The van der Waals surface area contributed by atoms with E-state index < -0.39 is 0 Å². The zero-order valence-corrected chi connectivity index (χ0v) is 14.3. The minimum Gasteiger partial charge on any atom is -0.309 e. The summed E-state index contributed by atoms with van der Waals surface area (Å²) >= 11 is 11.3. The van der Waals surface area contributed by atoms with Gasteiger partial charge in [-0.3, -0.25) is 0 Å². The van der Waals surface area contributed by atoms with Gasteiger partial charge in [0.15, 0.2) is 0 Å². The molecule has 5 heteroatoms. The number of halogens is 3. The highest BCUT2D eigenvalue weighted by atomic mass is 79.9. The summed E-state index contributed by atoms with van der Waals surface area (Å²) in [6, 6.07) is 6.79. The van der Waals surface area contributed by atoms with Gasteiger partial charge in [0.2, 0.25) is 0 Å². The van der Waals surface area contributed by atoms with Crippen molar-refractivity contribution in [3.05, 3.63) is 55.4 Å². The van der Waals surface area contributed by atoms with Crippen LogP contribution >= 0.6 is 38.9 Å². The zero-order valence-electron chi connectivity index (χ0n) is 11.1. The first-order chi connectivity index (χ1) is 9.60. The lowest BCUT2D eigenvalue weighted by atomic mass is 10.0. The number of rotatable bonds is 6. The van der Waals surface area contributed by atoms with Gasteiger partial charge in [0.1, 0.15) is 5.82 Å². The summed E-state index contributed by atoms with van der Waals surface area (Å²) in [6.45, 7) is 3.05. The van der Waals surface area contributed by atoms with Crippen LogP contribution in [0.25, 0.3) is 0 Å². The maximum Gasteiger partial charge on any atom is 0.123 e. The van der Waals surface area contributed by atoms with Crippen LogP contribution in [-0.2, 0) is 6.42 Å². The van der Waals surface area contributed by atoms with Gasteiger partial charge in [-0.15, -0.1) is 11.3 Å². The molecule has 1 unspecified atom stereocenters. The topological polar surface area (TPSA) is 12.0 Å². The van der Waals surface area contributed by atoms with Crippen LogP contribution in [0.2, 0.25) is 5.02 Å². The molecule has 0 radical (unpaired) electrons. The Labute approximate surface area is 136 Å². The molecule has 0 amide bonds. The summed E-state index contributed by atoms with van der Waals surface area (Å²) in [7, 11) is 0. The largest absolute Gasteiger partial charge is 0.309 e. The molecule has 1 aromatic heterocycles. The fourth-order valence-electron chi connectivity index (χ4n) is 2.02. The molecule has 0 fully saturated rings. The average Bonchev–Trinajstić information content (AvgIpc) is 2.85. The van der Waals surface area contributed by atoms with Crippen molar-refractivity contribution in [3.63, 3.8) is 0 Å². The van der Waals surface area contributed by atoms with Crippen LogP contribution < -0.4 is 5.32 Å². The first-order valence-corrected chi connectivity index (χ1v) is 8.56. The van der Waals surface area contributed by atoms with Crippen molar-refractivity contribution in [1.29, 1.82) is 0 Å². The Hall–Kier alpha value is -0.420. The molecular weight excluding hydrogens is 361 g/mol. The van der Waals surface area contributed by atoms with Crippen LogP contribution in [0.4, 0.5) is 4.39 Å². The van der Waals surface area contributed by atoms with Gasteiger partial charge < -0.3 is 5.32 Å². The monoisotopic (exact) mass is 375 g/mol. The van der Waals surface area contributed by atoms with Crippen molar-refractivity contribution in [2.24, 2.45) is 0 Å². The molecule has 1 N–H and O–H groups in total. The normalized spacial score (nSPS) is 12.6. The van der Waals surface area contributed by atoms with E-state index in [-0.39, 0.29) is 11.9 Å². The number of nitrogens with one attached hydrogen (secondary N) is 1. The summed E-state index contributed by atoms with van der Waals surface area (Å²) in [4.78, 5) is 1.23. The average molecular weight is 377 g/mol. The van der Waals surface area contributed by atoms with Gasteiger partial charge in [0.25, 0.3) is 0 Å². The summed E-state index contributed by atoms with van der Waals surface area (Å²) in [5.41, 5.74) is 0.838. The molecule has 2 aromatic rings. The van der Waals surface area contributed by atoms with Crippen molar-refractivity contribution < 1.29 is 4.39 Å². The molecule has 2 rings (SSSR count). The molecule has 20 heavy (non-hydrogen) atoms. The predicted molar refractivity (Wildman–Crippen MR) is 88.2 cm³/mol. The molecule has 1 atom stereocenters. The van der Waals surface area contributed by atoms with Gasteiger partial charge in [-0.1, -0.05) is 18.5 Å². The molecule has 0 saturated heterocycles. The SMILES string of the molecule is CCCNC(Cc1cc(F)ccc1Cl)c1cc(Br)cs1. The maximum atomic E-state index is 13.4. The van der Waals surface area contributed by atoms with Gasteiger partial charge >= 0.3 is 0 Å². The number of thiophene rings is 1. The first-order valence-electron chi connectivity index (χ1n) is 6.51. The summed E-state index contributed by atoms with van der Waals surface area (Å²) in [6.07, 6.45) is 1.74. The fourth-order valence-corrected chi connectivity index (χ4v) is 3.74. The summed E-state index contributed by atoms with van der Waals surface area (Å²) in [5, 5.41) is 6.18. The van der Waals surface area contributed by atoms with Gasteiger partial charge in [-0.25, -0.2) is 4.39 Å². The Balaban J connectivity index is 2.21. The molecule has 0 saturated carbocycles. The fraction of sp³-hybridized carbons (Fsp3) is 0.333. The maximum absolute atomic E-state index is 13.4. The zero-order chi connectivity index (χ0) is 14.5. The van der Waals surface area contributed by atoms with E-state index in [4.69, 9.17) is 11.6 Å². The van der Waals surface area contributed by atoms with Crippen molar-refractivity contribution in [3.8, 4) is 0 Å². The Bertz CT molecular complexity index is 573. The Morgan fingerprint density at radius 3 is 2.85 bits per heavy atom. The third kappa shape index (κ3) is 4.29. The van der Waals surface area contributed by atoms with Crippen molar-refractivity contribution >= 4 is 38.9 Å². The highest BCUT2D eigenvalue weighted by molar-refractivity contribution is 9.10. The number of benzene rings is 1. The molecular formula is C15H16BrClFNS. The lowest BCUT2D eigenvalue weighted by molar-refractivity contribution is 0.534. The molecule has 1 aromatic carbocycles. The third-order valence-electron chi connectivity index (χ3n) is 3.00. The van der Waals surface area contributed by atoms with Crippen LogP contribution in [0.5, 0.6) is 0 Å². The van der Waals surface area contributed by atoms with Crippen LogP contribution in [0.1, 0.15) is 29.8 Å². The van der Waals surface area contributed by atoms with Gasteiger partial charge in [-0.05, 0) is 65.1 Å². The number of hydrogen-bond acceptors (Lipinski definition) is 2. The lowest BCUT2D eigenvalue weighted by Gasteiger charge is -2.18. The quantitative estimate of drug-likeness (QED) is 0.693. The van der Waals surface area contributed by atoms with Crippen LogP contribution in [0, 0.1) is 5.82 Å². The second-order valence-electron chi connectivity index (χ2n) is 4.61. The van der Waals surface area contributed by atoms with E-state index in [1.807, 2.05) is 0 Å². The van der Waals surface area contributed by atoms with Crippen LogP contribution in [0.15, 0.2) is 34.1 Å². The van der Waals surface area contributed by atoms with E-state index in [1.54, 1.807) is 17.4 Å². The second-order valence-corrected chi connectivity index (χ2v) is 6.88. The van der Waals surface area contributed by atoms with Gasteiger partial charge in [0, 0.05) is 25.8 Å². The minimum atomic E-state index is -0.244. The van der Waals surface area contributed by atoms with Gasteiger partial charge in [-0.2, -0.15) is 0 Å².